The van der Waals surface area contributed by atoms with Crippen molar-refractivity contribution in [2.45, 2.75) is 38.9 Å². The number of rotatable bonds is 6. The number of aromatic nitrogens is 1. The topological polar surface area (TPSA) is 27.8 Å². The van der Waals surface area contributed by atoms with Crippen LogP contribution in [-0.2, 0) is 6.42 Å². The monoisotopic (exact) mass is 336 g/mol. The average molecular weight is 336 g/mol. The third-order valence-electron chi connectivity index (χ3n) is 4.33. The number of nitrogens with one attached hydrogen (secondary N) is 2. The highest BCUT2D eigenvalue weighted by atomic mass is 19.1. The minimum Gasteiger partial charge on any atom is -0.377 e. The van der Waals surface area contributed by atoms with E-state index in [9.17, 15) is 4.39 Å². The number of fused-ring (bicyclic) bond motifs is 1. The number of H-pyrrole nitrogens is 1. The Kier molecular flexibility index (Phi) is 4.67. The van der Waals surface area contributed by atoms with Crippen LogP contribution in [0.4, 0.5) is 4.39 Å². The van der Waals surface area contributed by atoms with E-state index in [2.05, 4.69) is 42.0 Å². The lowest BCUT2D eigenvalue weighted by Gasteiger charge is -2.16. The number of alkyl halides is 1. The van der Waals surface area contributed by atoms with Crippen LogP contribution < -0.4 is 5.32 Å². The Morgan fingerprint density at radius 2 is 1.88 bits per heavy atom. The van der Waals surface area contributed by atoms with E-state index in [1.165, 1.54) is 5.56 Å². The third kappa shape index (κ3) is 4.30. The number of hydrogen-bond donors (Lipinski definition) is 2. The van der Waals surface area contributed by atoms with Gasteiger partial charge < -0.3 is 10.3 Å². The van der Waals surface area contributed by atoms with Gasteiger partial charge in [-0.05, 0) is 50.1 Å². The molecule has 3 aromatic rings. The summed E-state index contributed by atoms with van der Waals surface area (Å²) in [5, 5.41) is 4.52. The van der Waals surface area contributed by atoms with Crippen molar-refractivity contribution in [2.75, 3.05) is 0 Å². The summed E-state index contributed by atoms with van der Waals surface area (Å²) in [7, 11) is 0. The summed E-state index contributed by atoms with van der Waals surface area (Å²) in [5.74, 6) is 0. The van der Waals surface area contributed by atoms with E-state index in [0.717, 1.165) is 27.9 Å². The summed E-state index contributed by atoms with van der Waals surface area (Å²) in [5.41, 5.74) is 3.84. The molecule has 1 heterocycles. The number of aromatic amines is 1. The maximum atomic E-state index is 13.9. The largest absolute Gasteiger partial charge is 0.377 e. The van der Waals surface area contributed by atoms with Crippen LogP contribution in [0.5, 0.6) is 0 Å². The van der Waals surface area contributed by atoms with E-state index >= 15 is 0 Å². The second-order valence-electron chi connectivity index (χ2n) is 7.26. The standard InChI is InChI=1S/C22H25FN2/c1-15(18-8-6-5-7-9-18)24-16(2)21-13-19-12-17(14-22(3,4)23)10-11-20(19)25-21/h5-13,15,24-25H,2,14H2,1,3-4H3. The third-order valence-corrected chi connectivity index (χ3v) is 4.33. The Morgan fingerprint density at radius 1 is 1.16 bits per heavy atom. The van der Waals surface area contributed by atoms with Crippen molar-refractivity contribution < 1.29 is 4.39 Å². The van der Waals surface area contributed by atoms with Gasteiger partial charge in [0.25, 0.3) is 0 Å². The SMILES string of the molecule is C=C(NC(C)c1ccccc1)c1cc2cc(CC(C)(C)F)ccc2[nH]1. The van der Waals surface area contributed by atoms with E-state index in [-0.39, 0.29) is 6.04 Å². The molecule has 0 radical (unpaired) electrons. The molecule has 130 valence electrons. The molecule has 1 atom stereocenters. The molecule has 2 aromatic carbocycles. The lowest BCUT2D eigenvalue weighted by molar-refractivity contribution is 0.217. The van der Waals surface area contributed by atoms with Crippen LogP contribution in [0, 0.1) is 0 Å². The second-order valence-corrected chi connectivity index (χ2v) is 7.26. The van der Waals surface area contributed by atoms with Crippen LogP contribution in [0.25, 0.3) is 16.6 Å². The Labute approximate surface area is 148 Å². The molecule has 0 bridgehead atoms. The van der Waals surface area contributed by atoms with Crippen LogP contribution in [0.3, 0.4) is 0 Å². The summed E-state index contributed by atoms with van der Waals surface area (Å²) < 4.78 is 13.9. The van der Waals surface area contributed by atoms with Crippen LogP contribution >= 0.6 is 0 Å². The molecule has 0 spiro atoms. The highest BCUT2D eigenvalue weighted by Gasteiger charge is 2.17. The van der Waals surface area contributed by atoms with Gasteiger partial charge in [-0.2, -0.15) is 0 Å². The molecule has 0 fully saturated rings. The molecule has 0 saturated heterocycles. The van der Waals surface area contributed by atoms with E-state index in [0.29, 0.717) is 6.42 Å². The smallest absolute Gasteiger partial charge is 0.109 e. The zero-order valence-corrected chi connectivity index (χ0v) is 15.1. The predicted molar refractivity (Wildman–Crippen MR) is 104 cm³/mol. The summed E-state index contributed by atoms with van der Waals surface area (Å²) >= 11 is 0. The number of halogens is 1. The molecule has 1 aromatic heterocycles. The van der Waals surface area contributed by atoms with Gasteiger partial charge in [0.05, 0.1) is 11.4 Å². The fraction of sp³-hybridized carbons (Fsp3) is 0.273. The lowest BCUT2D eigenvalue weighted by atomic mass is 9.99. The first-order chi connectivity index (χ1) is 11.8. The normalized spacial score (nSPS) is 13.0. The zero-order valence-electron chi connectivity index (χ0n) is 15.1. The summed E-state index contributed by atoms with van der Waals surface area (Å²) in [6, 6.07) is 18.5. The lowest BCUT2D eigenvalue weighted by Crippen LogP contribution is -2.16. The first kappa shape index (κ1) is 17.3. The quantitative estimate of drug-likeness (QED) is 0.587. The fourth-order valence-electron chi connectivity index (χ4n) is 3.10. The number of hydrogen-bond acceptors (Lipinski definition) is 1. The Morgan fingerprint density at radius 3 is 2.56 bits per heavy atom. The van der Waals surface area contributed by atoms with Gasteiger partial charge in [-0.25, -0.2) is 4.39 Å². The van der Waals surface area contributed by atoms with Crippen LogP contribution in [0.15, 0.2) is 61.2 Å². The van der Waals surface area contributed by atoms with E-state index in [1.54, 1.807) is 13.8 Å². The van der Waals surface area contributed by atoms with Gasteiger partial charge in [-0.1, -0.05) is 43.0 Å². The number of benzene rings is 2. The van der Waals surface area contributed by atoms with Gasteiger partial charge in [-0.3, -0.25) is 0 Å². The molecule has 0 saturated carbocycles. The Bertz CT molecular complexity index is 872. The van der Waals surface area contributed by atoms with Crippen molar-refractivity contribution in [2.24, 2.45) is 0 Å². The molecule has 0 amide bonds. The molecule has 0 aliphatic rings. The molecule has 3 rings (SSSR count). The zero-order chi connectivity index (χ0) is 18.0. The van der Waals surface area contributed by atoms with Crippen LogP contribution in [0.2, 0.25) is 0 Å². The minimum absolute atomic E-state index is 0.169. The van der Waals surface area contributed by atoms with E-state index in [1.807, 2.05) is 36.4 Å². The molecule has 25 heavy (non-hydrogen) atoms. The first-order valence-corrected chi connectivity index (χ1v) is 8.63. The van der Waals surface area contributed by atoms with Crippen molar-refractivity contribution >= 4 is 16.6 Å². The van der Waals surface area contributed by atoms with Crippen molar-refractivity contribution in [1.82, 2.24) is 10.3 Å². The predicted octanol–water partition coefficient (Wildman–Crippen LogP) is 5.78. The van der Waals surface area contributed by atoms with Gasteiger partial charge in [-0.15, -0.1) is 0 Å². The molecule has 2 N–H and O–H groups in total. The fourth-order valence-corrected chi connectivity index (χ4v) is 3.10. The van der Waals surface area contributed by atoms with Crippen molar-refractivity contribution in [3.63, 3.8) is 0 Å². The molecule has 0 aliphatic heterocycles. The highest BCUT2D eigenvalue weighted by Crippen LogP contribution is 2.25. The summed E-state index contributed by atoms with van der Waals surface area (Å²) in [6.45, 7) is 9.50. The first-order valence-electron chi connectivity index (χ1n) is 8.63. The van der Waals surface area contributed by atoms with Gasteiger partial charge in [0.2, 0.25) is 0 Å². The summed E-state index contributed by atoms with van der Waals surface area (Å²) in [4.78, 5) is 3.39. The minimum atomic E-state index is -1.21. The van der Waals surface area contributed by atoms with Gasteiger partial charge in [0.1, 0.15) is 5.67 Å². The molecular formula is C22H25FN2. The van der Waals surface area contributed by atoms with Crippen LogP contribution in [0.1, 0.15) is 43.6 Å². The molecule has 0 aliphatic carbocycles. The maximum Gasteiger partial charge on any atom is 0.109 e. The van der Waals surface area contributed by atoms with Gasteiger partial charge >= 0.3 is 0 Å². The van der Waals surface area contributed by atoms with Crippen molar-refractivity contribution in [3.05, 3.63) is 78.0 Å². The van der Waals surface area contributed by atoms with Crippen LogP contribution in [-0.4, -0.2) is 10.7 Å². The molecule has 3 heteroatoms. The van der Waals surface area contributed by atoms with Gasteiger partial charge in [0.15, 0.2) is 0 Å². The molecular weight excluding hydrogens is 311 g/mol. The molecule has 1 unspecified atom stereocenters. The Hall–Kier alpha value is -2.55. The average Bonchev–Trinajstić information content (AvgIpc) is 2.97. The maximum absolute atomic E-state index is 13.9. The highest BCUT2D eigenvalue weighted by molar-refractivity contribution is 5.84. The Balaban J connectivity index is 1.78. The van der Waals surface area contributed by atoms with Crippen molar-refractivity contribution in [3.8, 4) is 0 Å². The van der Waals surface area contributed by atoms with E-state index in [4.69, 9.17) is 0 Å². The van der Waals surface area contributed by atoms with Gasteiger partial charge in [0, 0.05) is 23.4 Å². The second kappa shape index (κ2) is 6.75. The van der Waals surface area contributed by atoms with E-state index < -0.39 is 5.67 Å². The summed E-state index contributed by atoms with van der Waals surface area (Å²) in [6.07, 6.45) is 0.410. The molecule has 2 nitrogen and oxygen atoms in total. The van der Waals surface area contributed by atoms with Crippen molar-refractivity contribution in [1.29, 1.82) is 0 Å².